The molecule has 4 atom stereocenters. The van der Waals surface area contributed by atoms with E-state index in [1.54, 1.807) is 0 Å². The van der Waals surface area contributed by atoms with Gasteiger partial charge >= 0.3 is 0 Å². The minimum atomic E-state index is -0.00762. The Morgan fingerprint density at radius 2 is 1.91 bits per heavy atom. The molecule has 1 nitrogen and oxygen atoms in total. The molecule has 64 valence electrons. The molecule has 3 rings (SSSR count). The number of fused-ring (bicyclic) bond motifs is 2. The number of aliphatic hydroxyl groups is 1. The molecule has 11 heavy (non-hydrogen) atoms. The monoisotopic (exact) mass is 154 g/mol. The molecule has 0 heterocycles. The van der Waals surface area contributed by atoms with Gasteiger partial charge in [-0.25, -0.2) is 0 Å². The standard InChI is InChI=1S/C10H18O/c1-6-8-4-7(5-9(6)11)10(8,2)3/h6-9,11H,4-5H2,1-3H3/t6-,7+,8+,9-/m1/s1. The normalized spacial score (nSPS) is 53.5. The van der Waals surface area contributed by atoms with Crippen LogP contribution in [-0.4, -0.2) is 11.2 Å². The predicted molar refractivity (Wildman–Crippen MR) is 45.2 cm³/mol. The molecule has 0 aromatic heterocycles. The van der Waals surface area contributed by atoms with Crippen molar-refractivity contribution in [2.24, 2.45) is 23.2 Å². The molecule has 1 heteroatoms. The summed E-state index contributed by atoms with van der Waals surface area (Å²) in [7, 11) is 0. The molecule has 0 aliphatic heterocycles. The van der Waals surface area contributed by atoms with Crippen LogP contribution in [0.1, 0.15) is 33.6 Å². The van der Waals surface area contributed by atoms with Crippen molar-refractivity contribution >= 4 is 0 Å². The first kappa shape index (κ1) is 7.60. The van der Waals surface area contributed by atoms with Gasteiger partial charge in [0.15, 0.2) is 0 Å². The summed E-state index contributed by atoms with van der Waals surface area (Å²) in [6, 6.07) is 0. The average Bonchev–Trinajstić information content (AvgIpc) is 1.93. The van der Waals surface area contributed by atoms with Gasteiger partial charge in [-0.2, -0.15) is 0 Å². The van der Waals surface area contributed by atoms with E-state index >= 15 is 0 Å². The molecule has 3 fully saturated rings. The number of hydrogen-bond donors (Lipinski definition) is 1. The second-order valence-electron chi connectivity index (χ2n) is 5.02. The zero-order chi connectivity index (χ0) is 8.22. The van der Waals surface area contributed by atoms with Crippen LogP contribution in [0.15, 0.2) is 0 Å². The quantitative estimate of drug-likeness (QED) is 0.566. The topological polar surface area (TPSA) is 20.2 Å². The molecule has 0 unspecified atom stereocenters. The largest absolute Gasteiger partial charge is 0.393 e. The molecule has 0 aromatic rings. The van der Waals surface area contributed by atoms with Gasteiger partial charge in [0.05, 0.1) is 6.10 Å². The maximum atomic E-state index is 9.61. The summed E-state index contributed by atoms with van der Waals surface area (Å²) >= 11 is 0. The fourth-order valence-corrected chi connectivity index (χ4v) is 3.12. The summed E-state index contributed by atoms with van der Waals surface area (Å²) in [6.07, 6.45) is 2.40. The average molecular weight is 154 g/mol. The van der Waals surface area contributed by atoms with Crippen molar-refractivity contribution in [1.29, 1.82) is 0 Å². The van der Waals surface area contributed by atoms with Crippen LogP contribution in [0.4, 0.5) is 0 Å². The van der Waals surface area contributed by atoms with Crippen molar-refractivity contribution < 1.29 is 5.11 Å². The highest BCUT2D eigenvalue weighted by Gasteiger charge is 2.55. The van der Waals surface area contributed by atoms with E-state index in [1.165, 1.54) is 6.42 Å². The Kier molecular flexibility index (Phi) is 1.39. The molecule has 0 saturated heterocycles. The molecule has 2 bridgehead atoms. The summed E-state index contributed by atoms with van der Waals surface area (Å²) in [5.41, 5.74) is 0.526. The maximum absolute atomic E-state index is 9.61. The Balaban J connectivity index is 2.17. The molecule has 0 radical (unpaired) electrons. The van der Waals surface area contributed by atoms with E-state index in [0.29, 0.717) is 11.3 Å². The van der Waals surface area contributed by atoms with E-state index < -0.39 is 0 Å². The fraction of sp³-hybridized carbons (Fsp3) is 1.00. The highest BCUT2D eigenvalue weighted by atomic mass is 16.3. The van der Waals surface area contributed by atoms with Crippen molar-refractivity contribution in [3.63, 3.8) is 0 Å². The molecule has 3 saturated carbocycles. The van der Waals surface area contributed by atoms with E-state index in [-0.39, 0.29) is 6.10 Å². The first-order chi connectivity index (χ1) is 5.03. The molecular formula is C10H18O. The molecule has 1 N–H and O–H groups in total. The molecular weight excluding hydrogens is 136 g/mol. The van der Waals surface area contributed by atoms with Crippen molar-refractivity contribution in [2.45, 2.75) is 39.7 Å². The van der Waals surface area contributed by atoms with Gasteiger partial charge in [-0.1, -0.05) is 20.8 Å². The summed E-state index contributed by atoms with van der Waals surface area (Å²) in [4.78, 5) is 0. The van der Waals surface area contributed by atoms with Crippen LogP contribution >= 0.6 is 0 Å². The molecule has 0 amide bonds. The first-order valence-electron chi connectivity index (χ1n) is 4.71. The van der Waals surface area contributed by atoms with Crippen molar-refractivity contribution in [3.05, 3.63) is 0 Å². The second kappa shape index (κ2) is 2.01. The Morgan fingerprint density at radius 1 is 1.27 bits per heavy atom. The zero-order valence-electron chi connectivity index (χ0n) is 7.67. The van der Waals surface area contributed by atoms with Crippen molar-refractivity contribution in [3.8, 4) is 0 Å². The Hall–Kier alpha value is -0.0400. The zero-order valence-corrected chi connectivity index (χ0v) is 7.67. The smallest absolute Gasteiger partial charge is 0.0571 e. The maximum Gasteiger partial charge on any atom is 0.0571 e. The molecule has 0 aromatic carbocycles. The van der Waals surface area contributed by atoms with Gasteiger partial charge in [0.25, 0.3) is 0 Å². The lowest BCUT2D eigenvalue weighted by Gasteiger charge is -2.61. The van der Waals surface area contributed by atoms with Gasteiger partial charge in [-0.15, -0.1) is 0 Å². The lowest BCUT2D eigenvalue weighted by atomic mass is 9.45. The van der Waals surface area contributed by atoms with E-state index in [0.717, 1.165) is 18.3 Å². The lowest BCUT2D eigenvalue weighted by Crippen LogP contribution is -2.56. The lowest BCUT2D eigenvalue weighted by molar-refractivity contribution is -0.154. The van der Waals surface area contributed by atoms with Gasteiger partial charge in [0.2, 0.25) is 0 Å². The minimum absolute atomic E-state index is 0.00762. The van der Waals surface area contributed by atoms with Crippen LogP contribution < -0.4 is 0 Å². The van der Waals surface area contributed by atoms with Gasteiger partial charge in [-0.3, -0.25) is 0 Å². The second-order valence-corrected chi connectivity index (χ2v) is 5.02. The summed E-state index contributed by atoms with van der Waals surface area (Å²) in [6.45, 7) is 6.91. The highest BCUT2D eigenvalue weighted by molar-refractivity contribution is 5.04. The number of rotatable bonds is 0. The van der Waals surface area contributed by atoms with E-state index in [9.17, 15) is 5.11 Å². The van der Waals surface area contributed by atoms with Gasteiger partial charge < -0.3 is 5.11 Å². The van der Waals surface area contributed by atoms with Crippen LogP contribution in [-0.2, 0) is 0 Å². The third kappa shape index (κ3) is 0.807. The van der Waals surface area contributed by atoms with Gasteiger partial charge in [0.1, 0.15) is 0 Å². The van der Waals surface area contributed by atoms with E-state index in [4.69, 9.17) is 0 Å². The Labute approximate surface area is 68.8 Å². The van der Waals surface area contributed by atoms with Crippen LogP contribution in [0.2, 0.25) is 0 Å². The summed E-state index contributed by atoms with van der Waals surface area (Å²) in [5, 5.41) is 9.61. The minimum Gasteiger partial charge on any atom is -0.393 e. The SMILES string of the molecule is C[C@H]1[C@H](O)C[C@@H]2C[C@@H]1C2(C)C. The van der Waals surface area contributed by atoms with Crippen LogP contribution in [0.3, 0.4) is 0 Å². The Morgan fingerprint density at radius 3 is 2.27 bits per heavy atom. The van der Waals surface area contributed by atoms with Gasteiger partial charge in [-0.05, 0) is 36.0 Å². The first-order valence-corrected chi connectivity index (χ1v) is 4.71. The third-order valence-electron chi connectivity index (χ3n) is 4.31. The van der Waals surface area contributed by atoms with E-state index in [1.807, 2.05) is 0 Å². The molecule has 3 aliphatic carbocycles. The van der Waals surface area contributed by atoms with Gasteiger partial charge in [0, 0.05) is 0 Å². The van der Waals surface area contributed by atoms with Crippen molar-refractivity contribution in [2.75, 3.05) is 0 Å². The fourth-order valence-electron chi connectivity index (χ4n) is 3.12. The summed E-state index contributed by atoms with van der Waals surface area (Å²) < 4.78 is 0. The Bertz CT molecular complexity index is 174. The van der Waals surface area contributed by atoms with Crippen LogP contribution in [0.5, 0.6) is 0 Å². The third-order valence-corrected chi connectivity index (χ3v) is 4.31. The van der Waals surface area contributed by atoms with E-state index in [2.05, 4.69) is 20.8 Å². The van der Waals surface area contributed by atoms with Crippen LogP contribution in [0.25, 0.3) is 0 Å². The summed E-state index contributed by atoms with van der Waals surface area (Å²) in [5.74, 6) is 2.13. The van der Waals surface area contributed by atoms with Crippen LogP contribution in [0, 0.1) is 23.2 Å². The number of hydrogen-bond acceptors (Lipinski definition) is 1. The molecule has 0 spiro atoms. The highest BCUT2D eigenvalue weighted by Crippen LogP contribution is 2.61. The van der Waals surface area contributed by atoms with Crippen molar-refractivity contribution in [1.82, 2.24) is 0 Å². The number of aliphatic hydroxyl groups excluding tert-OH is 1. The predicted octanol–water partition coefficient (Wildman–Crippen LogP) is 2.05. The molecule has 3 aliphatic rings.